The number of carbonyl (C=O) groups excluding carboxylic acids is 1. The molecule has 0 aromatic heterocycles. The molecule has 2 rings (SSSR count). The van der Waals surface area contributed by atoms with E-state index in [2.05, 4.69) is 5.32 Å². The highest BCUT2D eigenvalue weighted by atomic mass is 19.1. The third-order valence-corrected chi connectivity index (χ3v) is 3.94. The molecule has 0 heterocycles. The predicted octanol–water partition coefficient (Wildman–Crippen LogP) is 4.13. The van der Waals surface area contributed by atoms with Crippen molar-refractivity contribution in [2.75, 3.05) is 12.4 Å². The molecule has 1 aromatic rings. The highest BCUT2D eigenvalue weighted by Gasteiger charge is 2.15. The van der Waals surface area contributed by atoms with Gasteiger partial charge in [0.15, 0.2) is 0 Å². The predicted molar refractivity (Wildman–Crippen MR) is 77.4 cm³/mol. The van der Waals surface area contributed by atoms with Crippen LogP contribution in [0.5, 0.6) is 5.75 Å². The summed E-state index contributed by atoms with van der Waals surface area (Å²) in [5.41, 5.74) is 0.530. The molecule has 3 nitrogen and oxygen atoms in total. The molecule has 0 radical (unpaired) electrons. The van der Waals surface area contributed by atoms with Gasteiger partial charge in [-0.2, -0.15) is 0 Å². The van der Waals surface area contributed by atoms with Gasteiger partial charge in [0, 0.05) is 12.5 Å². The maximum absolute atomic E-state index is 13.1. The van der Waals surface area contributed by atoms with Crippen LogP contribution in [0.15, 0.2) is 18.2 Å². The molecule has 110 valence electrons. The van der Waals surface area contributed by atoms with E-state index in [-0.39, 0.29) is 11.7 Å². The van der Waals surface area contributed by atoms with E-state index in [1.165, 1.54) is 57.4 Å². The van der Waals surface area contributed by atoms with Crippen LogP contribution in [0, 0.1) is 11.7 Å². The summed E-state index contributed by atoms with van der Waals surface area (Å²) in [6.45, 7) is 0. The highest BCUT2D eigenvalue weighted by molar-refractivity contribution is 5.92. The summed E-state index contributed by atoms with van der Waals surface area (Å²) >= 11 is 0. The first-order valence-corrected chi connectivity index (χ1v) is 7.32. The molecule has 0 unspecified atom stereocenters. The maximum atomic E-state index is 13.1. The number of benzene rings is 1. The second-order valence-corrected chi connectivity index (χ2v) is 5.44. The number of methoxy groups -OCH3 is 1. The molecule has 1 aliphatic rings. The quantitative estimate of drug-likeness (QED) is 0.880. The first-order valence-electron chi connectivity index (χ1n) is 7.32. The zero-order valence-electron chi connectivity index (χ0n) is 12.0. The Bertz CT molecular complexity index is 456. The SMILES string of the molecule is COc1cc(F)ccc1NC(=O)CCC1CCCCC1. The number of halogens is 1. The Morgan fingerprint density at radius 2 is 2.10 bits per heavy atom. The van der Waals surface area contributed by atoms with Crippen molar-refractivity contribution in [2.45, 2.75) is 44.9 Å². The average Bonchev–Trinajstić information content (AvgIpc) is 2.48. The van der Waals surface area contributed by atoms with Crippen molar-refractivity contribution in [1.82, 2.24) is 0 Å². The van der Waals surface area contributed by atoms with Gasteiger partial charge in [0.05, 0.1) is 12.8 Å². The summed E-state index contributed by atoms with van der Waals surface area (Å²) in [6, 6.07) is 4.13. The second kappa shape index (κ2) is 7.27. The van der Waals surface area contributed by atoms with Crippen LogP contribution in [0.1, 0.15) is 44.9 Å². The number of hydrogen-bond donors (Lipinski definition) is 1. The van der Waals surface area contributed by atoms with Gasteiger partial charge in [-0.3, -0.25) is 4.79 Å². The molecule has 1 fully saturated rings. The molecule has 0 spiro atoms. The van der Waals surface area contributed by atoms with Crippen LogP contribution in [0.2, 0.25) is 0 Å². The van der Waals surface area contributed by atoms with Gasteiger partial charge in [-0.25, -0.2) is 4.39 Å². The van der Waals surface area contributed by atoms with Crippen molar-refractivity contribution < 1.29 is 13.9 Å². The van der Waals surface area contributed by atoms with Gasteiger partial charge in [0.2, 0.25) is 5.91 Å². The van der Waals surface area contributed by atoms with Crippen molar-refractivity contribution >= 4 is 11.6 Å². The van der Waals surface area contributed by atoms with Gasteiger partial charge in [0.1, 0.15) is 11.6 Å². The molecule has 1 aromatic carbocycles. The molecule has 0 saturated heterocycles. The molecular weight excluding hydrogens is 257 g/mol. The van der Waals surface area contributed by atoms with E-state index in [9.17, 15) is 9.18 Å². The highest BCUT2D eigenvalue weighted by Crippen LogP contribution is 2.28. The Hall–Kier alpha value is -1.58. The Balaban J connectivity index is 1.84. The number of anilines is 1. The van der Waals surface area contributed by atoms with Crippen molar-refractivity contribution in [1.29, 1.82) is 0 Å². The van der Waals surface area contributed by atoms with Crippen LogP contribution in [0.3, 0.4) is 0 Å². The normalized spacial score (nSPS) is 15.9. The minimum atomic E-state index is -0.373. The monoisotopic (exact) mass is 279 g/mol. The van der Waals surface area contributed by atoms with E-state index in [4.69, 9.17) is 4.74 Å². The Morgan fingerprint density at radius 1 is 1.35 bits per heavy atom. The molecular formula is C16H22FNO2. The minimum Gasteiger partial charge on any atom is -0.494 e. The Morgan fingerprint density at radius 3 is 2.80 bits per heavy atom. The third-order valence-electron chi connectivity index (χ3n) is 3.94. The molecule has 0 atom stereocenters. The topological polar surface area (TPSA) is 38.3 Å². The lowest BCUT2D eigenvalue weighted by atomic mass is 9.86. The lowest BCUT2D eigenvalue weighted by Gasteiger charge is -2.21. The fraction of sp³-hybridized carbons (Fsp3) is 0.562. The summed E-state index contributed by atoms with van der Waals surface area (Å²) in [5, 5.41) is 2.80. The minimum absolute atomic E-state index is 0.0273. The maximum Gasteiger partial charge on any atom is 0.224 e. The number of rotatable bonds is 5. The van der Waals surface area contributed by atoms with E-state index in [0.29, 0.717) is 23.8 Å². The smallest absolute Gasteiger partial charge is 0.224 e. The van der Waals surface area contributed by atoms with Crippen LogP contribution in [-0.4, -0.2) is 13.0 Å². The molecule has 1 amide bonds. The van der Waals surface area contributed by atoms with Crippen LogP contribution in [0.25, 0.3) is 0 Å². The number of carbonyl (C=O) groups is 1. The summed E-state index contributed by atoms with van der Waals surface area (Å²) in [6.07, 6.45) is 7.85. The van der Waals surface area contributed by atoms with Gasteiger partial charge in [0.25, 0.3) is 0 Å². The summed E-state index contributed by atoms with van der Waals surface area (Å²) in [5.74, 6) is 0.642. The number of nitrogens with one attached hydrogen (secondary N) is 1. The van der Waals surface area contributed by atoms with E-state index >= 15 is 0 Å². The molecule has 0 aliphatic heterocycles. The summed E-state index contributed by atoms with van der Waals surface area (Å²) in [7, 11) is 1.46. The number of amides is 1. The van der Waals surface area contributed by atoms with Crippen LogP contribution in [-0.2, 0) is 4.79 Å². The van der Waals surface area contributed by atoms with Crippen molar-refractivity contribution in [3.8, 4) is 5.75 Å². The number of ether oxygens (including phenoxy) is 1. The van der Waals surface area contributed by atoms with E-state index in [0.717, 1.165) is 6.42 Å². The lowest BCUT2D eigenvalue weighted by molar-refractivity contribution is -0.116. The molecule has 20 heavy (non-hydrogen) atoms. The molecule has 1 saturated carbocycles. The van der Waals surface area contributed by atoms with Gasteiger partial charge in [-0.15, -0.1) is 0 Å². The van der Waals surface area contributed by atoms with Crippen molar-refractivity contribution in [3.05, 3.63) is 24.0 Å². The van der Waals surface area contributed by atoms with Gasteiger partial charge in [-0.1, -0.05) is 32.1 Å². The fourth-order valence-electron chi connectivity index (χ4n) is 2.79. The molecule has 4 heteroatoms. The summed E-state index contributed by atoms with van der Waals surface area (Å²) in [4.78, 5) is 11.9. The second-order valence-electron chi connectivity index (χ2n) is 5.44. The van der Waals surface area contributed by atoms with Crippen LogP contribution < -0.4 is 10.1 Å². The Kier molecular flexibility index (Phi) is 5.39. The van der Waals surface area contributed by atoms with E-state index < -0.39 is 0 Å². The lowest BCUT2D eigenvalue weighted by Crippen LogP contribution is -2.15. The van der Waals surface area contributed by atoms with Crippen LogP contribution in [0.4, 0.5) is 10.1 Å². The zero-order valence-corrected chi connectivity index (χ0v) is 12.0. The molecule has 1 aliphatic carbocycles. The number of hydrogen-bond acceptors (Lipinski definition) is 2. The van der Waals surface area contributed by atoms with E-state index in [1.807, 2.05) is 0 Å². The fourth-order valence-corrected chi connectivity index (χ4v) is 2.79. The Labute approximate surface area is 119 Å². The van der Waals surface area contributed by atoms with Gasteiger partial charge < -0.3 is 10.1 Å². The van der Waals surface area contributed by atoms with E-state index in [1.54, 1.807) is 0 Å². The van der Waals surface area contributed by atoms with Crippen molar-refractivity contribution in [3.63, 3.8) is 0 Å². The first kappa shape index (κ1) is 14.8. The summed E-state index contributed by atoms with van der Waals surface area (Å²) < 4.78 is 18.1. The van der Waals surface area contributed by atoms with Crippen LogP contribution >= 0.6 is 0 Å². The standard InChI is InChI=1S/C16H22FNO2/c1-20-15-11-13(17)8-9-14(15)18-16(19)10-7-12-5-3-2-4-6-12/h8-9,11-12H,2-7,10H2,1H3,(H,18,19). The van der Waals surface area contributed by atoms with Gasteiger partial charge in [-0.05, 0) is 24.5 Å². The third kappa shape index (κ3) is 4.22. The zero-order chi connectivity index (χ0) is 14.4. The van der Waals surface area contributed by atoms with Crippen molar-refractivity contribution in [2.24, 2.45) is 5.92 Å². The first-order chi connectivity index (χ1) is 9.69. The molecule has 1 N–H and O–H groups in total. The largest absolute Gasteiger partial charge is 0.494 e. The molecule has 0 bridgehead atoms. The average molecular weight is 279 g/mol. The van der Waals surface area contributed by atoms with Gasteiger partial charge >= 0.3 is 0 Å².